The van der Waals surface area contributed by atoms with E-state index in [0.717, 1.165) is 18.3 Å². The lowest BCUT2D eigenvalue weighted by atomic mass is 9.70. The fourth-order valence-electron chi connectivity index (χ4n) is 3.63. The van der Waals surface area contributed by atoms with E-state index >= 15 is 0 Å². The molecule has 6 nitrogen and oxygen atoms in total. The summed E-state index contributed by atoms with van der Waals surface area (Å²) in [7, 11) is -4.20. The number of carbonyl (C=O) groups is 1. The van der Waals surface area contributed by atoms with E-state index in [1.807, 2.05) is 18.2 Å². The molecule has 0 radical (unpaired) electrons. The Balaban J connectivity index is 1.78. The van der Waals surface area contributed by atoms with Crippen LogP contribution in [-0.4, -0.2) is 24.8 Å². The largest absolute Gasteiger partial charge is 0.355 e. The predicted molar refractivity (Wildman–Crippen MR) is 86.1 cm³/mol. The Morgan fingerprint density at radius 1 is 1.30 bits per heavy atom. The molecule has 1 aromatic rings. The van der Waals surface area contributed by atoms with Crippen LogP contribution in [0.4, 0.5) is 0 Å². The first-order chi connectivity index (χ1) is 10.9. The SMILES string of the molecule is CC1CC(CC2=CNC(S(=O)(=O)O)N2)C(C=O)c2ccccc21. The number of carbonyl (C=O) groups excluding carboxylic acids is 1. The van der Waals surface area contributed by atoms with E-state index in [4.69, 9.17) is 4.55 Å². The molecule has 7 heteroatoms. The highest BCUT2D eigenvalue weighted by molar-refractivity contribution is 7.86. The fourth-order valence-corrected chi connectivity index (χ4v) is 4.17. The van der Waals surface area contributed by atoms with Crippen molar-refractivity contribution in [3.05, 3.63) is 47.3 Å². The lowest BCUT2D eigenvalue weighted by Crippen LogP contribution is -2.40. The number of benzene rings is 1. The Labute approximate surface area is 135 Å². The van der Waals surface area contributed by atoms with Crippen LogP contribution in [0.3, 0.4) is 0 Å². The molecule has 1 heterocycles. The number of rotatable bonds is 4. The summed E-state index contributed by atoms with van der Waals surface area (Å²) in [4.78, 5) is 11.6. The molecule has 2 aliphatic rings. The molecule has 0 saturated carbocycles. The van der Waals surface area contributed by atoms with Gasteiger partial charge in [0.25, 0.3) is 0 Å². The van der Waals surface area contributed by atoms with Crippen molar-refractivity contribution in [2.24, 2.45) is 5.92 Å². The summed E-state index contributed by atoms with van der Waals surface area (Å²) in [6.07, 6.45) is 3.96. The van der Waals surface area contributed by atoms with Gasteiger partial charge in [0, 0.05) is 17.8 Å². The minimum atomic E-state index is -4.20. The number of hydrogen-bond acceptors (Lipinski definition) is 5. The molecule has 0 amide bonds. The maximum atomic E-state index is 11.6. The predicted octanol–water partition coefficient (Wildman–Crippen LogP) is 1.69. The zero-order chi connectivity index (χ0) is 16.6. The van der Waals surface area contributed by atoms with Crippen LogP contribution in [-0.2, 0) is 14.9 Å². The first-order valence-electron chi connectivity index (χ1n) is 7.62. The Morgan fingerprint density at radius 2 is 2.00 bits per heavy atom. The van der Waals surface area contributed by atoms with Crippen LogP contribution in [0.15, 0.2) is 36.2 Å². The number of hydrogen-bond donors (Lipinski definition) is 3. The molecular weight excluding hydrogens is 316 g/mol. The second-order valence-electron chi connectivity index (χ2n) is 6.27. The molecule has 0 bridgehead atoms. The number of fused-ring (bicyclic) bond motifs is 1. The third-order valence-corrected chi connectivity index (χ3v) is 5.55. The molecule has 0 spiro atoms. The summed E-state index contributed by atoms with van der Waals surface area (Å²) in [6, 6.07) is 7.98. The van der Waals surface area contributed by atoms with Crippen LogP contribution in [0.5, 0.6) is 0 Å². The van der Waals surface area contributed by atoms with Crippen molar-refractivity contribution in [2.75, 3.05) is 0 Å². The highest BCUT2D eigenvalue weighted by atomic mass is 32.2. The van der Waals surface area contributed by atoms with Crippen molar-refractivity contribution in [2.45, 2.75) is 37.1 Å². The molecule has 4 unspecified atom stereocenters. The van der Waals surface area contributed by atoms with Gasteiger partial charge in [0.05, 0.1) is 0 Å². The minimum Gasteiger partial charge on any atom is -0.355 e. The van der Waals surface area contributed by atoms with Gasteiger partial charge >= 0.3 is 10.1 Å². The molecule has 0 aromatic heterocycles. The van der Waals surface area contributed by atoms with Gasteiger partial charge in [-0.3, -0.25) is 4.55 Å². The third-order valence-electron chi connectivity index (χ3n) is 4.70. The Morgan fingerprint density at radius 3 is 2.61 bits per heavy atom. The molecule has 23 heavy (non-hydrogen) atoms. The van der Waals surface area contributed by atoms with Gasteiger partial charge in [-0.1, -0.05) is 31.2 Å². The molecule has 0 saturated heterocycles. The lowest BCUT2D eigenvalue weighted by molar-refractivity contribution is -0.110. The van der Waals surface area contributed by atoms with Crippen LogP contribution in [0.1, 0.15) is 42.7 Å². The van der Waals surface area contributed by atoms with Crippen molar-refractivity contribution in [3.63, 3.8) is 0 Å². The summed E-state index contributed by atoms with van der Waals surface area (Å²) in [5, 5.41) is 5.36. The van der Waals surface area contributed by atoms with Gasteiger partial charge in [0.2, 0.25) is 5.50 Å². The number of nitrogens with one attached hydrogen (secondary N) is 2. The molecular formula is C16H20N2O4S. The smallest absolute Gasteiger partial charge is 0.305 e. The van der Waals surface area contributed by atoms with E-state index in [1.165, 1.54) is 5.56 Å². The van der Waals surface area contributed by atoms with Crippen molar-refractivity contribution >= 4 is 16.4 Å². The van der Waals surface area contributed by atoms with Gasteiger partial charge in [-0.2, -0.15) is 8.42 Å². The van der Waals surface area contributed by atoms with Crippen LogP contribution in [0.25, 0.3) is 0 Å². The molecule has 1 aliphatic heterocycles. The molecule has 124 valence electrons. The normalized spacial score (nSPS) is 29.9. The first kappa shape index (κ1) is 16.0. The molecule has 1 aromatic carbocycles. The topological polar surface area (TPSA) is 95.5 Å². The Hall–Kier alpha value is -1.86. The van der Waals surface area contributed by atoms with Crippen LogP contribution < -0.4 is 10.6 Å². The van der Waals surface area contributed by atoms with E-state index in [0.29, 0.717) is 18.0 Å². The van der Waals surface area contributed by atoms with Crippen LogP contribution >= 0.6 is 0 Å². The van der Waals surface area contributed by atoms with Crippen LogP contribution in [0, 0.1) is 5.92 Å². The molecule has 3 N–H and O–H groups in total. The fraction of sp³-hybridized carbons (Fsp3) is 0.438. The zero-order valence-electron chi connectivity index (χ0n) is 12.8. The second-order valence-corrected chi connectivity index (χ2v) is 7.77. The average molecular weight is 336 g/mol. The van der Waals surface area contributed by atoms with E-state index in [9.17, 15) is 13.2 Å². The number of aldehydes is 1. The van der Waals surface area contributed by atoms with Gasteiger partial charge in [-0.25, -0.2) is 0 Å². The van der Waals surface area contributed by atoms with Crippen molar-refractivity contribution in [1.82, 2.24) is 10.6 Å². The summed E-state index contributed by atoms with van der Waals surface area (Å²) < 4.78 is 31.4. The standard InChI is InChI=1S/C16H20N2O4S/c1-10-6-11(7-12-8-17-16(18-12)23(20,21)22)15(9-19)14-5-3-2-4-13(10)14/h2-5,8-11,15-18H,6-7H2,1H3,(H,20,21,22). The van der Waals surface area contributed by atoms with Crippen LogP contribution in [0.2, 0.25) is 0 Å². The molecule has 3 rings (SSSR count). The van der Waals surface area contributed by atoms with Gasteiger partial charge < -0.3 is 15.4 Å². The second kappa shape index (κ2) is 5.98. The molecule has 1 aliphatic carbocycles. The summed E-state index contributed by atoms with van der Waals surface area (Å²) in [6.45, 7) is 2.14. The van der Waals surface area contributed by atoms with Crippen molar-refractivity contribution < 1.29 is 17.8 Å². The number of allylic oxidation sites excluding steroid dienone is 1. The summed E-state index contributed by atoms with van der Waals surface area (Å²) in [5.74, 6) is 0.243. The Bertz CT molecular complexity index is 744. The lowest BCUT2D eigenvalue weighted by Gasteiger charge is -2.34. The van der Waals surface area contributed by atoms with Gasteiger partial charge in [-0.15, -0.1) is 0 Å². The Kier molecular flexibility index (Phi) is 4.16. The van der Waals surface area contributed by atoms with E-state index in [1.54, 1.807) is 6.20 Å². The molecule has 0 fully saturated rings. The summed E-state index contributed by atoms with van der Waals surface area (Å²) >= 11 is 0. The monoisotopic (exact) mass is 336 g/mol. The van der Waals surface area contributed by atoms with Gasteiger partial charge in [0.1, 0.15) is 6.29 Å². The quantitative estimate of drug-likeness (QED) is 0.572. The van der Waals surface area contributed by atoms with E-state index < -0.39 is 15.6 Å². The highest BCUT2D eigenvalue weighted by Crippen LogP contribution is 2.43. The highest BCUT2D eigenvalue weighted by Gasteiger charge is 2.35. The molecule has 4 atom stereocenters. The average Bonchev–Trinajstić information content (AvgIpc) is 2.96. The maximum absolute atomic E-state index is 11.6. The van der Waals surface area contributed by atoms with Gasteiger partial charge in [-0.05, 0) is 35.8 Å². The zero-order valence-corrected chi connectivity index (χ0v) is 13.6. The minimum absolute atomic E-state index is 0.0955. The van der Waals surface area contributed by atoms with Crippen molar-refractivity contribution in [3.8, 4) is 0 Å². The van der Waals surface area contributed by atoms with E-state index in [-0.39, 0.29) is 11.8 Å². The third kappa shape index (κ3) is 3.11. The summed E-state index contributed by atoms with van der Waals surface area (Å²) in [5.41, 5.74) is 1.75. The van der Waals surface area contributed by atoms with Crippen molar-refractivity contribution in [1.29, 1.82) is 0 Å². The maximum Gasteiger partial charge on any atom is 0.305 e. The van der Waals surface area contributed by atoms with E-state index in [2.05, 4.69) is 23.6 Å². The van der Waals surface area contributed by atoms with Gasteiger partial charge in [0.15, 0.2) is 0 Å². The first-order valence-corrected chi connectivity index (χ1v) is 9.12.